The maximum atomic E-state index is 12.1. The van der Waals surface area contributed by atoms with Gasteiger partial charge < -0.3 is 20.6 Å². The second-order valence-corrected chi connectivity index (χ2v) is 5.89. The van der Waals surface area contributed by atoms with Crippen LogP contribution in [-0.2, 0) is 16.0 Å². The van der Waals surface area contributed by atoms with Crippen LogP contribution in [0.4, 0.5) is 4.79 Å². The Morgan fingerprint density at radius 3 is 2.29 bits per heavy atom. The number of carbonyl (C=O) groups excluding carboxylic acids is 2. The Morgan fingerprint density at radius 1 is 1.12 bits per heavy atom. The molecular formula is C17H25N3O4. The zero-order valence-electron chi connectivity index (χ0n) is 14.3. The molecule has 0 radical (unpaired) electrons. The molecule has 3 amide bonds. The number of benzene rings is 1. The maximum Gasteiger partial charge on any atom is 0.315 e. The summed E-state index contributed by atoms with van der Waals surface area (Å²) in [6, 6.07) is 8.05. The number of likely N-dealkylation sites (N-methyl/N-ethyl adjacent to an activating group) is 1. The second kappa shape index (κ2) is 9.54. The van der Waals surface area contributed by atoms with E-state index in [4.69, 9.17) is 5.11 Å². The van der Waals surface area contributed by atoms with Gasteiger partial charge in [0.2, 0.25) is 5.91 Å². The van der Waals surface area contributed by atoms with E-state index in [0.717, 1.165) is 5.56 Å². The summed E-state index contributed by atoms with van der Waals surface area (Å²) in [5, 5.41) is 14.2. The van der Waals surface area contributed by atoms with Gasteiger partial charge in [0.25, 0.3) is 0 Å². The Kier molecular flexibility index (Phi) is 7.74. The molecule has 0 aliphatic heterocycles. The standard InChI is InChI=1S/C17H25N3O4/c1-12(16(23)20(2)3)18-17(24)19-14(9-10-15(21)22)11-13-7-5-4-6-8-13/h4-8,12,14H,9-11H2,1-3H3,(H,21,22)(H2,18,19,24). The van der Waals surface area contributed by atoms with E-state index in [1.54, 1.807) is 21.0 Å². The van der Waals surface area contributed by atoms with Gasteiger partial charge in [-0.05, 0) is 25.3 Å². The summed E-state index contributed by atoms with van der Waals surface area (Å²) in [6.45, 7) is 1.60. The Labute approximate surface area is 142 Å². The average molecular weight is 335 g/mol. The van der Waals surface area contributed by atoms with Crippen molar-refractivity contribution >= 4 is 17.9 Å². The molecule has 7 heteroatoms. The van der Waals surface area contributed by atoms with E-state index in [-0.39, 0.29) is 18.4 Å². The molecule has 0 aliphatic carbocycles. The van der Waals surface area contributed by atoms with Crippen LogP contribution in [0.25, 0.3) is 0 Å². The molecule has 0 saturated heterocycles. The molecule has 0 saturated carbocycles. The summed E-state index contributed by atoms with van der Waals surface area (Å²) in [5.41, 5.74) is 1.01. The molecule has 3 N–H and O–H groups in total. The lowest BCUT2D eigenvalue weighted by Gasteiger charge is -2.22. The number of carbonyl (C=O) groups is 3. The van der Waals surface area contributed by atoms with Gasteiger partial charge in [-0.1, -0.05) is 30.3 Å². The normalized spacial score (nSPS) is 12.8. The molecule has 1 aromatic carbocycles. The molecule has 0 bridgehead atoms. The van der Waals surface area contributed by atoms with E-state index in [1.807, 2.05) is 30.3 Å². The van der Waals surface area contributed by atoms with E-state index in [2.05, 4.69) is 10.6 Å². The van der Waals surface area contributed by atoms with Gasteiger partial charge in [0.15, 0.2) is 0 Å². The maximum absolute atomic E-state index is 12.1. The van der Waals surface area contributed by atoms with E-state index >= 15 is 0 Å². The SMILES string of the molecule is CC(NC(=O)NC(CCC(=O)O)Cc1ccccc1)C(=O)N(C)C. The van der Waals surface area contributed by atoms with Crippen molar-refractivity contribution in [3.8, 4) is 0 Å². The van der Waals surface area contributed by atoms with Crippen molar-refractivity contribution in [2.24, 2.45) is 0 Å². The summed E-state index contributed by atoms with van der Waals surface area (Å²) >= 11 is 0. The lowest BCUT2D eigenvalue weighted by Crippen LogP contribution is -2.50. The van der Waals surface area contributed by atoms with Gasteiger partial charge >= 0.3 is 12.0 Å². The third kappa shape index (κ3) is 7.13. The van der Waals surface area contributed by atoms with Crippen molar-refractivity contribution in [1.82, 2.24) is 15.5 Å². The first-order chi connectivity index (χ1) is 11.3. The zero-order valence-corrected chi connectivity index (χ0v) is 14.3. The van der Waals surface area contributed by atoms with Crippen LogP contribution in [0.2, 0.25) is 0 Å². The van der Waals surface area contributed by atoms with Crippen LogP contribution < -0.4 is 10.6 Å². The quantitative estimate of drug-likeness (QED) is 0.665. The number of nitrogens with one attached hydrogen (secondary N) is 2. The van der Waals surface area contributed by atoms with Crippen molar-refractivity contribution in [2.45, 2.75) is 38.3 Å². The van der Waals surface area contributed by atoms with Crippen LogP contribution in [0.15, 0.2) is 30.3 Å². The van der Waals surface area contributed by atoms with E-state index in [9.17, 15) is 14.4 Å². The molecule has 132 valence electrons. The number of amides is 3. The Hall–Kier alpha value is -2.57. The first-order valence-electron chi connectivity index (χ1n) is 7.83. The topological polar surface area (TPSA) is 98.7 Å². The van der Waals surface area contributed by atoms with Crippen LogP contribution in [0.3, 0.4) is 0 Å². The monoisotopic (exact) mass is 335 g/mol. The number of aliphatic carboxylic acids is 1. The van der Waals surface area contributed by atoms with Gasteiger partial charge in [0.05, 0.1) is 0 Å². The van der Waals surface area contributed by atoms with Crippen molar-refractivity contribution in [3.05, 3.63) is 35.9 Å². The lowest BCUT2D eigenvalue weighted by atomic mass is 10.0. The number of carboxylic acid groups (broad SMARTS) is 1. The Morgan fingerprint density at radius 2 is 1.75 bits per heavy atom. The average Bonchev–Trinajstić information content (AvgIpc) is 2.52. The predicted molar refractivity (Wildman–Crippen MR) is 90.6 cm³/mol. The first kappa shape index (κ1) is 19.5. The number of carboxylic acids is 1. The molecule has 2 atom stereocenters. The van der Waals surface area contributed by atoms with Gasteiger partial charge in [0, 0.05) is 26.6 Å². The third-order valence-corrected chi connectivity index (χ3v) is 3.53. The summed E-state index contributed by atoms with van der Waals surface area (Å²) in [5.74, 6) is -1.12. The smallest absolute Gasteiger partial charge is 0.315 e. The van der Waals surface area contributed by atoms with Crippen LogP contribution in [-0.4, -0.2) is 54.1 Å². The highest BCUT2D eigenvalue weighted by Gasteiger charge is 2.20. The summed E-state index contributed by atoms with van der Waals surface area (Å²) in [4.78, 5) is 36.1. The molecule has 0 spiro atoms. The highest BCUT2D eigenvalue weighted by Crippen LogP contribution is 2.08. The van der Waals surface area contributed by atoms with Gasteiger partial charge in [-0.15, -0.1) is 0 Å². The van der Waals surface area contributed by atoms with Gasteiger partial charge in [-0.2, -0.15) is 0 Å². The Bertz CT molecular complexity index is 560. The minimum Gasteiger partial charge on any atom is -0.481 e. The predicted octanol–water partition coefficient (Wildman–Crippen LogP) is 1.24. The number of hydrogen-bond acceptors (Lipinski definition) is 3. The molecule has 0 aliphatic rings. The molecule has 0 aromatic heterocycles. The molecule has 1 rings (SSSR count). The number of urea groups is 1. The molecule has 0 fully saturated rings. The second-order valence-electron chi connectivity index (χ2n) is 5.89. The number of nitrogens with zero attached hydrogens (tertiary/aromatic N) is 1. The highest BCUT2D eigenvalue weighted by molar-refractivity contribution is 5.86. The molecule has 1 aromatic rings. The van der Waals surface area contributed by atoms with Crippen molar-refractivity contribution in [2.75, 3.05) is 14.1 Å². The Balaban J connectivity index is 2.64. The minimum atomic E-state index is -0.911. The fourth-order valence-electron chi connectivity index (χ4n) is 2.29. The molecule has 24 heavy (non-hydrogen) atoms. The van der Waals surface area contributed by atoms with Crippen molar-refractivity contribution < 1.29 is 19.5 Å². The fraction of sp³-hybridized carbons (Fsp3) is 0.471. The number of rotatable bonds is 8. The molecule has 0 heterocycles. The molecule has 7 nitrogen and oxygen atoms in total. The van der Waals surface area contributed by atoms with Crippen LogP contribution >= 0.6 is 0 Å². The van der Waals surface area contributed by atoms with Crippen LogP contribution in [0.1, 0.15) is 25.3 Å². The zero-order chi connectivity index (χ0) is 18.1. The van der Waals surface area contributed by atoms with Crippen LogP contribution in [0, 0.1) is 0 Å². The van der Waals surface area contributed by atoms with Crippen LogP contribution in [0.5, 0.6) is 0 Å². The first-order valence-corrected chi connectivity index (χ1v) is 7.83. The van der Waals surface area contributed by atoms with Crippen molar-refractivity contribution in [3.63, 3.8) is 0 Å². The number of hydrogen-bond donors (Lipinski definition) is 3. The summed E-state index contributed by atoms with van der Waals surface area (Å²) in [6.07, 6.45) is 0.801. The van der Waals surface area contributed by atoms with Gasteiger partial charge in [0.1, 0.15) is 6.04 Å². The molecular weight excluding hydrogens is 310 g/mol. The third-order valence-electron chi connectivity index (χ3n) is 3.53. The summed E-state index contributed by atoms with van der Waals surface area (Å²) in [7, 11) is 3.23. The van der Waals surface area contributed by atoms with Crippen molar-refractivity contribution in [1.29, 1.82) is 0 Å². The highest BCUT2D eigenvalue weighted by atomic mass is 16.4. The minimum absolute atomic E-state index is 0.0377. The fourth-order valence-corrected chi connectivity index (χ4v) is 2.29. The largest absolute Gasteiger partial charge is 0.481 e. The van der Waals surface area contributed by atoms with E-state index in [1.165, 1.54) is 4.90 Å². The summed E-state index contributed by atoms with van der Waals surface area (Å²) < 4.78 is 0. The van der Waals surface area contributed by atoms with E-state index < -0.39 is 18.0 Å². The van der Waals surface area contributed by atoms with Gasteiger partial charge in [-0.3, -0.25) is 9.59 Å². The van der Waals surface area contributed by atoms with Gasteiger partial charge in [-0.25, -0.2) is 4.79 Å². The molecule has 2 unspecified atom stereocenters. The van der Waals surface area contributed by atoms with E-state index in [0.29, 0.717) is 12.8 Å². The lowest BCUT2D eigenvalue weighted by molar-refractivity contribution is -0.137.